The molecule has 0 N–H and O–H groups in total. The molecule has 2 saturated heterocycles. The molecule has 3 atom stereocenters. The summed E-state index contributed by atoms with van der Waals surface area (Å²) in [5, 5.41) is 2.62. The van der Waals surface area contributed by atoms with Gasteiger partial charge in [-0.2, -0.15) is 0 Å². The van der Waals surface area contributed by atoms with Gasteiger partial charge in [0.25, 0.3) is 8.32 Å². The van der Waals surface area contributed by atoms with Crippen LogP contribution in [0.5, 0.6) is 0 Å². The summed E-state index contributed by atoms with van der Waals surface area (Å²) in [6.45, 7) is 11.9. The summed E-state index contributed by atoms with van der Waals surface area (Å²) < 4.78 is 18.7. The normalized spacial score (nSPS) is 23.0. The minimum absolute atomic E-state index is 0.0113. The van der Waals surface area contributed by atoms with E-state index in [1.807, 2.05) is 0 Å². The van der Waals surface area contributed by atoms with Gasteiger partial charge in [0.1, 0.15) is 6.10 Å². The lowest BCUT2D eigenvalue weighted by atomic mass is 10.0. The number of hydrogen-bond donors (Lipinski definition) is 0. The number of esters is 1. The molecule has 0 spiro atoms. The molecule has 0 radical (unpaired) electrons. The highest BCUT2D eigenvalue weighted by molar-refractivity contribution is 6.99. The number of hydrogen-bond acceptors (Lipinski definition) is 4. The first kappa shape index (κ1) is 25.9. The molecule has 0 amide bonds. The zero-order valence-corrected chi connectivity index (χ0v) is 22.5. The Kier molecular flexibility index (Phi) is 8.30. The van der Waals surface area contributed by atoms with Gasteiger partial charge in [0.2, 0.25) is 0 Å². The Morgan fingerprint density at radius 2 is 1.57 bits per heavy atom. The number of cyclic esters (lactones) is 1. The topological polar surface area (TPSA) is 44.8 Å². The molecule has 0 bridgehead atoms. The highest BCUT2D eigenvalue weighted by Crippen LogP contribution is 2.37. The second-order valence-corrected chi connectivity index (χ2v) is 15.3. The minimum atomic E-state index is -2.49. The van der Waals surface area contributed by atoms with Crippen LogP contribution in [-0.4, -0.2) is 39.2 Å². The molecule has 1 unspecified atom stereocenters. The molecular weight excluding hydrogens is 452 g/mol. The molecule has 4 rings (SSSR count). The highest BCUT2D eigenvalue weighted by Gasteiger charge is 2.50. The molecule has 2 aromatic carbocycles. The number of carbonyl (C=O) groups excluding carboxylic acids is 1. The zero-order valence-electron chi connectivity index (χ0n) is 21.5. The van der Waals surface area contributed by atoms with Crippen molar-refractivity contribution in [2.45, 2.75) is 89.1 Å². The second-order valence-electron chi connectivity index (χ2n) is 11.0. The molecule has 2 fully saturated rings. The molecule has 2 heterocycles. The molecule has 5 heteroatoms. The molecule has 2 aliphatic rings. The van der Waals surface area contributed by atoms with Crippen molar-refractivity contribution in [2.75, 3.05) is 6.61 Å². The zero-order chi connectivity index (χ0) is 24.9. The molecular formula is C30H40O4Si. The van der Waals surface area contributed by atoms with E-state index in [4.69, 9.17) is 13.9 Å². The molecule has 0 aromatic heterocycles. The van der Waals surface area contributed by atoms with Crippen molar-refractivity contribution in [3.05, 3.63) is 72.8 Å². The number of benzene rings is 2. The van der Waals surface area contributed by atoms with Gasteiger partial charge in [-0.3, -0.25) is 4.79 Å². The quantitative estimate of drug-likeness (QED) is 0.189. The third-order valence-corrected chi connectivity index (χ3v) is 12.5. The van der Waals surface area contributed by atoms with Gasteiger partial charge in [-0.05, 0) is 59.5 Å². The fourth-order valence-corrected chi connectivity index (χ4v) is 10.3. The second kappa shape index (κ2) is 11.2. The number of ether oxygens (including phenoxy) is 2. The maximum atomic E-state index is 11.3. The third-order valence-electron chi connectivity index (χ3n) is 7.43. The van der Waals surface area contributed by atoms with Gasteiger partial charge in [0.15, 0.2) is 0 Å². The van der Waals surface area contributed by atoms with Gasteiger partial charge in [-0.15, -0.1) is 0 Å². The van der Waals surface area contributed by atoms with Gasteiger partial charge in [0.05, 0.1) is 12.2 Å². The first-order chi connectivity index (χ1) is 16.8. The Labute approximate surface area is 211 Å². The van der Waals surface area contributed by atoms with E-state index in [0.717, 1.165) is 38.5 Å². The summed E-state index contributed by atoms with van der Waals surface area (Å²) in [6.07, 6.45) is 6.28. The lowest BCUT2D eigenvalue weighted by Crippen LogP contribution is -2.66. The van der Waals surface area contributed by atoms with Gasteiger partial charge >= 0.3 is 5.97 Å². The van der Waals surface area contributed by atoms with Gasteiger partial charge in [0, 0.05) is 13.0 Å². The Hall–Kier alpha value is -2.21. The van der Waals surface area contributed by atoms with Crippen molar-refractivity contribution >= 4 is 24.7 Å². The predicted molar refractivity (Wildman–Crippen MR) is 144 cm³/mol. The monoisotopic (exact) mass is 492 g/mol. The van der Waals surface area contributed by atoms with Crippen LogP contribution in [0.15, 0.2) is 72.8 Å². The van der Waals surface area contributed by atoms with Crippen LogP contribution >= 0.6 is 0 Å². The van der Waals surface area contributed by atoms with E-state index in [-0.39, 0.29) is 29.3 Å². The van der Waals surface area contributed by atoms with Crippen molar-refractivity contribution in [1.82, 2.24) is 0 Å². The first-order valence-corrected chi connectivity index (χ1v) is 15.0. The van der Waals surface area contributed by atoms with Crippen molar-refractivity contribution in [2.24, 2.45) is 0 Å². The van der Waals surface area contributed by atoms with Crippen LogP contribution in [0, 0.1) is 0 Å². The molecule has 0 aliphatic carbocycles. The van der Waals surface area contributed by atoms with Crippen LogP contribution < -0.4 is 10.4 Å². The average Bonchev–Trinajstić information content (AvgIpc) is 3.42. The van der Waals surface area contributed by atoms with E-state index in [2.05, 4.69) is 88.0 Å². The molecule has 0 saturated carbocycles. The van der Waals surface area contributed by atoms with Gasteiger partial charge in [-0.1, -0.05) is 88.0 Å². The summed E-state index contributed by atoms with van der Waals surface area (Å²) >= 11 is 0. The Morgan fingerprint density at radius 3 is 2.11 bits per heavy atom. The van der Waals surface area contributed by atoms with Crippen molar-refractivity contribution in [3.8, 4) is 0 Å². The standard InChI is InChI=1S/C30H40O4Si/c1-23-22-25(33-28(23)19-17-24-18-20-29(31)34-24)12-11-21-32-35(30(2,3)4,26-13-7-5-8-14-26)27-15-9-6-10-16-27/h5-10,13-16,24-25,28H,1,11-12,17-22H2,2-4H3/t24-,25+,28?/m1/s1. The summed E-state index contributed by atoms with van der Waals surface area (Å²) in [6, 6.07) is 21.6. The molecule has 2 aliphatic heterocycles. The van der Waals surface area contributed by atoms with Crippen molar-refractivity contribution in [3.63, 3.8) is 0 Å². The Bertz CT molecular complexity index is 943. The van der Waals surface area contributed by atoms with E-state index in [1.165, 1.54) is 15.9 Å². The van der Waals surface area contributed by atoms with Crippen molar-refractivity contribution < 1.29 is 18.7 Å². The average molecular weight is 493 g/mol. The Balaban J connectivity index is 1.36. The largest absolute Gasteiger partial charge is 0.462 e. The maximum Gasteiger partial charge on any atom is 0.306 e. The number of carbonyl (C=O) groups is 1. The van der Waals surface area contributed by atoms with E-state index in [0.29, 0.717) is 13.0 Å². The van der Waals surface area contributed by atoms with Crippen LogP contribution in [0.2, 0.25) is 5.04 Å². The van der Waals surface area contributed by atoms with E-state index in [9.17, 15) is 4.79 Å². The van der Waals surface area contributed by atoms with E-state index in [1.54, 1.807) is 0 Å². The van der Waals surface area contributed by atoms with Crippen LogP contribution in [0.1, 0.15) is 65.7 Å². The number of rotatable bonds is 10. The summed E-state index contributed by atoms with van der Waals surface area (Å²) in [5.41, 5.74) is 1.17. The van der Waals surface area contributed by atoms with E-state index < -0.39 is 8.32 Å². The van der Waals surface area contributed by atoms with Crippen LogP contribution in [0.4, 0.5) is 0 Å². The smallest absolute Gasteiger partial charge is 0.306 e. The van der Waals surface area contributed by atoms with Crippen LogP contribution in [0.25, 0.3) is 0 Å². The summed E-state index contributed by atoms with van der Waals surface area (Å²) in [5.74, 6) is -0.0695. The third kappa shape index (κ3) is 5.96. The maximum absolute atomic E-state index is 11.3. The molecule has 35 heavy (non-hydrogen) atoms. The summed E-state index contributed by atoms with van der Waals surface area (Å²) in [4.78, 5) is 11.3. The molecule has 4 nitrogen and oxygen atoms in total. The SMILES string of the molecule is C=C1C[C@H](CCCO[Si](c2ccccc2)(c2ccccc2)C(C)(C)C)OC1CC[C@@H]1CCC(=O)O1. The van der Waals surface area contributed by atoms with E-state index >= 15 is 0 Å². The summed E-state index contributed by atoms with van der Waals surface area (Å²) in [7, 11) is -2.49. The minimum Gasteiger partial charge on any atom is -0.462 e. The first-order valence-electron chi connectivity index (χ1n) is 13.1. The predicted octanol–water partition coefficient (Wildman–Crippen LogP) is 5.54. The fourth-order valence-electron chi connectivity index (χ4n) is 5.66. The molecule has 2 aromatic rings. The van der Waals surface area contributed by atoms with Gasteiger partial charge < -0.3 is 13.9 Å². The van der Waals surface area contributed by atoms with Crippen LogP contribution in [0.3, 0.4) is 0 Å². The Morgan fingerprint density at radius 1 is 0.943 bits per heavy atom. The highest BCUT2D eigenvalue weighted by atomic mass is 28.4. The fraction of sp³-hybridized carbons (Fsp3) is 0.500. The lowest BCUT2D eigenvalue weighted by Gasteiger charge is -2.43. The van der Waals surface area contributed by atoms with Crippen LogP contribution in [-0.2, 0) is 18.7 Å². The van der Waals surface area contributed by atoms with Crippen molar-refractivity contribution in [1.29, 1.82) is 0 Å². The van der Waals surface area contributed by atoms with Gasteiger partial charge in [-0.25, -0.2) is 0 Å². The lowest BCUT2D eigenvalue weighted by molar-refractivity contribution is -0.141. The molecule has 188 valence electrons.